The van der Waals surface area contributed by atoms with Gasteiger partial charge in [-0.3, -0.25) is 4.72 Å². The largest absolute Gasteiger partial charge is 0.493 e. The molecule has 4 rings (SSSR count). The maximum atomic E-state index is 12.9. The molecule has 0 aliphatic heterocycles. The lowest BCUT2D eigenvalue weighted by molar-refractivity contribution is 0.348. The van der Waals surface area contributed by atoms with Crippen molar-refractivity contribution in [2.75, 3.05) is 18.9 Å². The van der Waals surface area contributed by atoms with Crippen molar-refractivity contribution >= 4 is 33.3 Å². The van der Waals surface area contributed by atoms with Crippen LogP contribution in [0.2, 0.25) is 0 Å². The summed E-state index contributed by atoms with van der Waals surface area (Å²) in [7, 11) is -1.03. The number of methoxy groups -OCH3 is 2. The Balaban J connectivity index is 1.78. The molecule has 2 heterocycles. The summed E-state index contributed by atoms with van der Waals surface area (Å²) in [6.45, 7) is 0. The highest BCUT2D eigenvalue weighted by molar-refractivity contribution is 7.95. The van der Waals surface area contributed by atoms with Crippen molar-refractivity contribution in [1.82, 2.24) is 9.97 Å². The summed E-state index contributed by atoms with van der Waals surface area (Å²) in [5.41, 5.74) is 0.734. The van der Waals surface area contributed by atoms with Crippen molar-refractivity contribution in [3.63, 3.8) is 0 Å². The van der Waals surface area contributed by atoms with Gasteiger partial charge >= 0.3 is 0 Å². The zero-order valence-corrected chi connectivity index (χ0v) is 20.0. The lowest BCUT2D eigenvalue weighted by Crippen LogP contribution is -2.13. The Morgan fingerprint density at radius 2 is 1.62 bits per heavy atom. The van der Waals surface area contributed by atoms with Gasteiger partial charge in [-0.05, 0) is 35.2 Å². The first-order chi connectivity index (χ1) is 16.5. The molecule has 34 heavy (non-hydrogen) atoms. The molecule has 0 bridgehead atoms. The quantitative estimate of drug-likeness (QED) is 0.331. The van der Waals surface area contributed by atoms with Gasteiger partial charge in [0.25, 0.3) is 15.9 Å². The molecule has 0 radical (unpaired) electrons. The maximum Gasteiger partial charge on any atom is 0.263 e. The van der Waals surface area contributed by atoms with Crippen molar-refractivity contribution in [2.24, 2.45) is 0 Å². The minimum Gasteiger partial charge on any atom is -0.493 e. The van der Waals surface area contributed by atoms with Gasteiger partial charge in [-0.15, -0.1) is 11.3 Å². The molecule has 0 unspecified atom stereocenters. The second kappa shape index (κ2) is 10.4. The predicted octanol–water partition coefficient (Wildman–Crippen LogP) is 5.43. The molecule has 8 nitrogen and oxygen atoms in total. The monoisotopic (exact) mass is 495 g/mol. The fourth-order valence-electron chi connectivity index (χ4n) is 2.96. The van der Waals surface area contributed by atoms with Gasteiger partial charge in [-0.25, -0.2) is 13.4 Å². The Hall–Kier alpha value is -3.89. The molecule has 0 fully saturated rings. The minimum absolute atomic E-state index is 0.00370. The second-order valence-corrected chi connectivity index (χ2v) is 9.34. The van der Waals surface area contributed by atoms with Crippen molar-refractivity contribution in [2.45, 2.75) is 0 Å². The number of thiophene rings is 1. The SMILES string of the molecule is COc1ccccc1Oc1c(NS(=O)(=O)/C=C/c2ccccc2)nc(-c2cccs2)nc1OC. The van der Waals surface area contributed by atoms with Crippen LogP contribution in [0.1, 0.15) is 5.56 Å². The Morgan fingerprint density at radius 1 is 0.882 bits per heavy atom. The average molecular weight is 496 g/mol. The number of hydrogen-bond donors (Lipinski definition) is 1. The fraction of sp³-hybridized carbons (Fsp3) is 0.0833. The normalized spacial score (nSPS) is 11.4. The molecule has 0 spiro atoms. The van der Waals surface area contributed by atoms with Crippen LogP contribution in [0.5, 0.6) is 23.1 Å². The van der Waals surface area contributed by atoms with Crippen molar-refractivity contribution in [1.29, 1.82) is 0 Å². The first-order valence-electron chi connectivity index (χ1n) is 10.1. The van der Waals surface area contributed by atoms with Crippen LogP contribution >= 0.6 is 11.3 Å². The number of rotatable bonds is 9. The average Bonchev–Trinajstić information content (AvgIpc) is 3.40. The zero-order valence-electron chi connectivity index (χ0n) is 18.3. The smallest absolute Gasteiger partial charge is 0.263 e. The standard InChI is InChI=1S/C24H21N3O5S2/c1-30-18-11-6-7-12-19(18)32-21-23(25-22(26-24(21)31-2)20-13-8-15-33-20)27-34(28,29)16-14-17-9-4-3-5-10-17/h3-16H,1-2H3,(H,25,26,27)/b16-14+. The van der Waals surface area contributed by atoms with Crippen LogP contribution in [0.3, 0.4) is 0 Å². The number of hydrogen-bond acceptors (Lipinski definition) is 8. The fourth-order valence-corrected chi connectivity index (χ4v) is 4.43. The van der Waals surface area contributed by atoms with Gasteiger partial charge < -0.3 is 14.2 Å². The lowest BCUT2D eigenvalue weighted by atomic mass is 10.2. The molecule has 2 aromatic carbocycles. The van der Waals surface area contributed by atoms with Crippen LogP contribution in [0.15, 0.2) is 77.5 Å². The van der Waals surface area contributed by atoms with Crippen LogP contribution < -0.4 is 18.9 Å². The van der Waals surface area contributed by atoms with Crippen molar-refractivity contribution in [3.8, 4) is 33.8 Å². The van der Waals surface area contributed by atoms with E-state index < -0.39 is 10.0 Å². The summed E-state index contributed by atoms with van der Waals surface area (Å²) < 4.78 is 45.1. The number of aromatic nitrogens is 2. The highest BCUT2D eigenvalue weighted by atomic mass is 32.2. The first-order valence-corrected chi connectivity index (χ1v) is 12.5. The van der Waals surface area contributed by atoms with Gasteiger partial charge in [0.05, 0.1) is 24.5 Å². The van der Waals surface area contributed by atoms with E-state index >= 15 is 0 Å². The highest BCUT2D eigenvalue weighted by Crippen LogP contribution is 2.41. The van der Waals surface area contributed by atoms with Crippen LogP contribution in [-0.2, 0) is 10.0 Å². The Morgan fingerprint density at radius 3 is 2.29 bits per heavy atom. The van der Waals surface area contributed by atoms with E-state index in [2.05, 4.69) is 14.7 Å². The number of nitrogens with one attached hydrogen (secondary N) is 1. The molecule has 0 atom stereocenters. The van der Waals surface area contributed by atoms with Gasteiger partial charge in [-0.1, -0.05) is 48.5 Å². The van der Waals surface area contributed by atoms with E-state index in [1.165, 1.54) is 31.6 Å². The molecule has 4 aromatic rings. The van der Waals surface area contributed by atoms with Crippen LogP contribution in [0.4, 0.5) is 5.82 Å². The highest BCUT2D eigenvalue weighted by Gasteiger charge is 2.23. The Labute approximate surface area is 201 Å². The van der Waals surface area contributed by atoms with Crippen LogP contribution in [-0.4, -0.2) is 32.6 Å². The van der Waals surface area contributed by atoms with Crippen molar-refractivity contribution in [3.05, 3.63) is 83.1 Å². The van der Waals surface area contributed by atoms with E-state index in [-0.39, 0.29) is 17.4 Å². The van der Waals surface area contributed by atoms with Gasteiger partial charge in [0, 0.05) is 0 Å². The summed E-state index contributed by atoms with van der Waals surface area (Å²) in [5.74, 6) is 1.08. The van der Waals surface area contributed by atoms with Gasteiger partial charge in [0.1, 0.15) is 0 Å². The van der Waals surface area contributed by atoms with Gasteiger partial charge in [0.15, 0.2) is 23.1 Å². The Bertz CT molecular complexity index is 1390. The Kier molecular flexibility index (Phi) is 7.09. The van der Waals surface area contributed by atoms with E-state index in [1.807, 2.05) is 35.7 Å². The summed E-state index contributed by atoms with van der Waals surface area (Å²) in [5, 5.41) is 2.94. The molecule has 1 N–H and O–H groups in total. The summed E-state index contributed by atoms with van der Waals surface area (Å²) in [6, 6.07) is 19.7. The number of para-hydroxylation sites is 2. The third-order valence-corrected chi connectivity index (χ3v) is 6.37. The minimum atomic E-state index is -3.96. The lowest BCUT2D eigenvalue weighted by Gasteiger charge is -2.16. The molecule has 0 amide bonds. The van der Waals surface area contributed by atoms with E-state index in [0.29, 0.717) is 17.3 Å². The van der Waals surface area contributed by atoms with E-state index in [4.69, 9.17) is 14.2 Å². The summed E-state index contributed by atoms with van der Waals surface area (Å²) in [4.78, 5) is 9.61. The van der Waals surface area contributed by atoms with Crippen LogP contribution in [0.25, 0.3) is 16.8 Å². The third kappa shape index (κ3) is 5.53. The molecular weight excluding hydrogens is 474 g/mol. The van der Waals surface area contributed by atoms with Gasteiger partial charge in [0.2, 0.25) is 5.75 Å². The van der Waals surface area contributed by atoms with E-state index in [1.54, 1.807) is 36.4 Å². The summed E-state index contributed by atoms with van der Waals surface area (Å²) in [6.07, 6.45) is 1.49. The number of anilines is 1. The molecule has 0 aliphatic carbocycles. The van der Waals surface area contributed by atoms with Crippen molar-refractivity contribution < 1.29 is 22.6 Å². The van der Waals surface area contributed by atoms with E-state index in [0.717, 1.165) is 15.8 Å². The molecule has 10 heteroatoms. The van der Waals surface area contributed by atoms with Crippen LogP contribution in [0, 0.1) is 0 Å². The second-order valence-electron chi connectivity index (χ2n) is 6.82. The number of sulfonamides is 1. The molecular formula is C24H21N3O5S2. The predicted molar refractivity (Wildman–Crippen MR) is 133 cm³/mol. The number of nitrogens with zero attached hydrogens (tertiary/aromatic N) is 2. The van der Waals surface area contributed by atoms with E-state index in [9.17, 15) is 8.42 Å². The molecule has 0 aliphatic rings. The molecule has 2 aromatic heterocycles. The van der Waals surface area contributed by atoms with Gasteiger partial charge in [-0.2, -0.15) is 4.98 Å². The summed E-state index contributed by atoms with van der Waals surface area (Å²) >= 11 is 1.41. The third-order valence-electron chi connectivity index (χ3n) is 4.53. The topological polar surface area (TPSA) is 99.6 Å². The molecule has 0 saturated heterocycles. The number of ether oxygens (including phenoxy) is 3. The molecule has 174 valence electrons. The zero-order chi connectivity index (χ0) is 24.0. The molecule has 0 saturated carbocycles. The number of benzene rings is 2. The maximum absolute atomic E-state index is 12.9. The first kappa shape index (κ1) is 23.3.